The van der Waals surface area contributed by atoms with Crippen LogP contribution in [0.25, 0.3) is 11.3 Å². The van der Waals surface area contributed by atoms with Gasteiger partial charge in [-0.3, -0.25) is 0 Å². The molecule has 0 saturated heterocycles. The van der Waals surface area contributed by atoms with Crippen molar-refractivity contribution in [3.05, 3.63) is 96.0 Å². The van der Waals surface area contributed by atoms with E-state index in [1.54, 1.807) is 43.3 Å². The summed E-state index contributed by atoms with van der Waals surface area (Å²) < 4.78 is 30.1. The van der Waals surface area contributed by atoms with Gasteiger partial charge in [0.05, 0.1) is 5.56 Å². The van der Waals surface area contributed by atoms with Crippen molar-refractivity contribution in [2.75, 3.05) is 0 Å². The topological polar surface area (TPSA) is 65.7 Å². The van der Waals surface area contributed by atoms with Gasteiger partial charge in [0.15, 0.2) is 5.76 Å². The summed E-state index contributed by atoms with van der Waals surface area (Å²) in [5.41, 5.74) is 1.40. The zero-order valence-corrected chi connectivity index (χ0v) is 17.5. The van der Waals surface area contributed by atoms with Crippen LogP contribution in [0.5, 0.6) is 11.5 Å². The van der Waals surface area contributed by atoms with Gasteiger partial charge in [-0.15, -0.1) is 0 Å². The second-order valence-electron chi connectivity index (χ2n) is 6.92. The molecule has 0 radical (unpaired) electrons. The van der Waals surface area contributed by atoms with E-state index in [0.29, 0.717) is 22.8 Å². The molecule has 0 spiro atoms. The maximum Gasteiger partial charge on any atom is 0.338 e. The lowest BCUT2D eigenvalue weighted by atomic mass is 10.2. The Hall–Kier alpha value is -4.37. The molecule has 2 aromatic carbocycles. The molecule has 0 aliphatic carbocycles. The molecule has 0 unspecified atom stereocenters. The van der Waals surface area contributed by atoms with E-state index in [1.807, 2.05) is 0 Å². The minimum absolute atomic E-state index is 0.0683. The maximum atomic E-state index is 14.3. The molecule has 0 saturated carbocycles. The van der Waals surface area contributed by atoms with Gasteiger partial charge in [-0.2, -0.15) is 0 Å². The van der Waals surface area contributed by atoms with E-state index in [2.05, 4.69) is 25.0 Å². The van der Waals surface area contributed by atoms with Gasteiger partial charge in [-0.1, -0.05) is 19.1 Å². The number of carbonyl (C=O) groups excluding carboxylic acids is 2. The molecule has 0 N–H and O–H groups in total. The van der Waals surface area contributed by atoms with E-state index in [4.69, 9.17) is 13.9 Å². The smallest absolute Gasteiger partial charge is 0.338 e. The zero-order valence-electron chi connectivity index (χ0n) is 17.5. The van der Waals surface area contributed by atoms with Crippen LogP contribution >= 0.6 is 0 Å². The van der Waals surface area contributed by atoms with Crippen molar-refractivity contribution in [2.45, 2.75) is 13.8 Å². The van der Waals surface area contributed by atoms with Gasteiger partial charge in [-0.05, 0) is 68.3 Å². The van der Waals surface area contributed by atoms with Crippen LogP contribution in [0.4, 0.5) is 4.39 Å². The number of furan rings is 1. The SMILES string of the molecule is C=C(C)C(=O)Oc1ccc(-c2ccc(C#Cc3ccc(OC(=O)C(=C)C)cc3F)o2)cc1. The summed E-state index contributed by atoms with van der Waals surface area (Å²) in [6.07, 6.45) is 0. The minimum Gasteiger partial charge on any atom is -0.448 e. The Morgan fingerprint density at radius 1 is 0.844 bits per heavy atom. The molecule has 1 heterocycles. The molecule has 160 valence electrons. The fourth-order valence-electron chi connectivity index (χ4n) is 2.43. The average molecular weight is 430 g/mol. The highest BCUT2D eigenvalue weighted by atomic mass is 19.1. The number of rotatable bonds is 5. The van der Waals surface area contributed by atoms with E-state index in [-0.39, 0.29) is 16.9 Å². The lowest BCUT2D eigenvalue weighted by molar-refractivity contribution is -0.130. The predicted octanol–water partition coefficient (Wildman–Crippen LogP) is 5.45. The second kappa shape index (κ2) is 9.63. The van der Waals surface area contributed by atoms with Crippen LogP contribution in [-0.2, 0) is 9.59 Å². The van der Waals surface area contributed by atoms with Crippen molar-refractivity contribution < 1.29 is 27.9 Å². The number of benzene rings is 2. The third-order valence-corrected chi connectivity index (χ3v) is 4.12. The van der Waals surface area contributed by atoms with Crippen molar-refractivity contribution in [3.8, 4) is 34.7 Å². The minimum atomic E-state index is -0.631. The molecule has 0 atom stereocenters. The van der Waals surface area contributed by atoms with E-state index in [9.17, 15) is 14.0 Å². The Balaban J connectivity index is 1.71. The third-order valence-electron chi connectivity index (χ3n) is 4.12. The van der Waals surface area contributed by atoms with Gasteiger partial charge in [0.25, 0.3) is 0 Å². The Labute approximate surface area is 184 Å². The molecule has 32 heavy (non-hydrogen) atoms. The van der Waals surface area contributed by atoms with Crippen LogP contribution < -0.4 is 9.47 Å². The monoisotopic (exact) mass is 430 g/mol. The summed E-state index contributed by atoms with van der Waals surface area (Å²) >= 11 is 0. The van der Waals surface area contributed by atoms with Gasteiger partial charge >= 0.3 is 11.9 Å². The van der Waals surface area contributed by atoms with Crippen molar-refractivity contribution in [3.63, 3.8) is 0 Å². The van der Waals surface area contributed by atoms with Crippen LogP contribution in [0.2, 0.25) is 0 Å². The Bertz CT molecular complexity index is 1270. The second-order valence-corrected chi connectivity index (χ2v) is 6.92. The van der Waals surface area contributed by atoms with Crippen LogP contribution in [0.1, 0.15) is 25.2 Å². The molecule has 3 aromatic rings. The quantitative estimate of drug-likeness (QED) is 0.233. The predicted molar refractivity (Wildman–Crippen MR) is 117 cm³/mol. The highest BCUT2D eigenvalue weighted by molar-refractivity contribution is 5.89. The standard InChI is InChI=1S/C26H19FO5/c1-16(2)25(28)31-21-10-7-19(8-11-21)24-14-13-20(30-24)9-5-18-6-12-22(15-23(18)27)32-26(29)17(3)4/h6-8,10-15H,1,3H2,2,4H3. The fourth-order valence-corrected chi connectivity index (χ4v) is 2.43. The van der Waals surface area contributed by atoms with Crippen LogP contribution in [0, 0.1) is 17.7 Å². The van der Waals surface area contributed by atoms with E-state index >= 15 is 0 Å². The molecule has 1 aromatic heterocycles. The maximum absolute atomic E-state index is 14.3. The van der Waals surface area contributed by atoms with Crippen LogP contribution in [0.15, 0.2) is 83.3 Å². The fraction of sp³-hybridized carbons (Fsp3) is 0.0769. The molecule has 0 amide bonds. The zero-order chi connectivity index (χ0) is 23.3. The Morgan fingerprint density at radius 3 is 2.03 bits per heavy atom. The first kappa shape index (κ1) is 22.3. The van der Waals surface area contributed by atoms with E-state index in [0.717, 1.165) is 11.6 Å². The average Bonchev–Trinajstić information content (AvgIpc) is 3.22. The number of hydrogen-bond acceptors (Lipinski definition) is 5. The van der Waals surface area contributed by atoms with Crippen molar-refractivity contribution in [2.24, 2.45) is 0 Å². The third kappa shape index (κ3) is 5.61. The molecule has 0 aliphatic rings. The molecule has 5 nitrogen and oxygen atoms in total. The number of esters is 2. The molecule has 0 aliphatic heterocycles. The van der Waals surface area contributed by atoms with Crippen LogP contribution in [-0.4, -0.2) is 11.9 Å². The highest BCUT2D eigenvalue weighted by Crippen LogP contribution is 2.25. The first-order valence-corrected chi connectivity index (χ1v) is 9.50. The lowest BCUT2D eigenvalue weighted by Gasteiger charge is -2.04. The summed E-state index contributed by atoms with van der Waals surface area (Å²) in [7, 11) is 0. The number of carbonyl (C=O) groups is 2. The summed E-state index contributed by atoms with van der Waals surface area (Å²) in [5.74, 6) is 5.05. The van der Waals surface area contributed by atoms with E-state index in [1.165, 1.54) is 19.1 Å². The van der Waals surface area contributed by atoms with Gasteiger partial charge in [0.1, 0.15) is 23.1 Å². The van der Waals surface area contributed by atoms with Gasteiger partial charge in [0, 0.05) is 22.8 Å². The lowest BCUT2D eigenvalue weighted by Crippen LogP contribution is -2.08. The van der Waals surface area contributed by atoms with E-state index < -0.39 is 17.8 Å². The molecule has 0 bridgehead atoms. The Kier molecular flexibility index (Phi) is 6.71. The summed E-state index contributed by atoms with van der Waals surface area (Å²) in [6, 6.07) is 14.1. The van der Waals surface area contributed by atoms with Crippen molar-refractivity contribution in [1.29, 1.82) is 0 Å². The first-order chi connectivity index (χ1) is 15.2. The summed E-state index contributed by atoms with van der Waals surface area (Å²) in [5, 5.41) is 0. The molecular weight excluding hydrogens is 411 g/mol. The van der Waals surface area contributed by atoms with Gasteiger partial charge in [-0.25, -0.2) is 14.0 Å². The molecule has 6 heteroatoms. The summed E-state index contributed by atoms with van der Waals surface area (Å²) in [6.45, 7) is 10.1. The number of ether oxygens (including phenoxy) is 2. The summed E-state index contributed by atoms with van der Waals surface area (Å²) in [4.78, 5) is 23.1. The van der Waals surface area contributed by atoms with Crippen LogP contribution in [0.3, 0.4) is 0 Å². The first-order valence-electron chi connectivity index (χ1n) is 9.50. The largest absolute Gasteiger partial charge is 0.448 e. The molecule has 0 fully saturated rings. The van der Waals surface area contributed by atoms with Gasteiger partial charge in [0.2, 0.25) is 0 Å². The number of hydrogen-bond donors (Lipinski definition) is 0. The van der Waals surface area contributed by atoms with Crippen molar-refractivity contribution in [1.82, 2.24) is 0 Å². The molecular formula is C26H19FO5. The molecule has 3 rings (SSSR count). The highest BCUT2D eigenvalue weighted by Gasteiger charge is 2.09. The number of halogens is 1. The Morgan fingerprint density at radius 2 is 1.44 bits per heavy atom. The van der Waals surface area contributed by atoms with Gasteiger partial charge < -0.3 is 13.9 Å². The van der Waals surface area contributed by atoms with Crippen molar-refractivity contribution >= 4 is 11.9 Å². The normalized spacial score (nSPS) is 9.97.